The summed E-state index contributed by atoms with van der Waals surface area (Å²) in [5.41, 5.74) is 0.534. The summed E-state index contributed by atoms with van der Waals surface area (Å²) in [5, 5.41) is 0.787. The van der Waals surface area contributed by atoms with E-state index in [1.165, 1.54) is 18.2 Å². The van der Waals surface area contributed by atoms with Gasteiger partial charge in [0.15, 0.2) is 0 Å². The fourth-order valence-corrected chi connectivity index (χ4v) is 2.04. The summed E-state index contributed by atoms with van der Waals surface area (Å²) in [4.78, 5) is 7.05. The van der Waals surface area contributed by atoms with Crippen molar-refractivity contribution in [1.29, 1.82) is 0 Å². The molecule has 0 fully saturated rings. The summed E-state index contributed by atoms with van der Waals surface area (Å²) in [7, 11) is 0. The van der Waals surface area contributed by atoms with Gasteiger partial charge in [0.1, 0.15) is 5.65 Å². The minimum Gasteiger partial charge on any atom is -0.346 e. The third kappa shape index (κ3) is 2.61. The Bertz CT molecular complexity index is 851. The number of pyridine rings is 1. The third-order valence-electron chi connectivity index (χ3n) is 3.02. The summed E-state index contributed by atoms with van der Waals surface area (Å²) in [5.74, 6) is 5.40. The average Bonchev–Trinajstić information content (AvgIpc) is 2.93. The maximum absolute atomic E-state index is 12.9. The zero-order valence-corrected chi connectivity index (χ0v) is 10.7. The van der Waals surface area contributed by atoms with Gasteiger partial charge in [-0.15, -0.1) is 0 Å². The molecule has 0 aliphatic heterocycles. The summed E-state index contributed by atoms with van der Waals surface area (Å²) >= 11 is 0. The van der Waals surface area contributed by atoms with Gasteiger partial charge in [0.2, 0.25) is 0 Å². The molecule has 104 valence electrons. The summed E-state index contributed by atoms with van der Waals surface area (Å²) in [6.07, 6.45) is -1.13. The molecule has 0 aliphatic rings. The highest BCUT2D eigenvalue weighted by molar-refractivity contribution is 5.82. The average molecular weight is 286 g/mol. The number of aromatic nitrogens is 2. The molecule has 0 amide bonds. The Morgan fingerprint density at radius 2 is 1.71 bits per heavy atom. The van der Waals surface area contributed by atoms with Crippen LogP contribution >= 0.6 is 0 Å². The number of hydrogen-bond donors (Lipinski definition) is 1. The fourth-order valence-electron chi connectivity index (χ4n) is 2.04. The van der Waals surface area contributed by atoms with Crippen molar-refractivity contribution in [3.8, 4) is 11.8 Å². The van der Waals surface area contributed by atoms with Crippen LogP contribution in [0.25, 0.3) is 11.0 Å². The predicted octanol–water partition coefficient (Wildman–Crippen LogP) is 3.98. The zero-order valence-electron chi connectivity index (χ0n) is 10.7. The number of hydrogen-bond acceptors (Lipinski definition) is 1. The SMILES string of the molecule is FC(F)(F)c1ccccc1C#Cc1ccnc2[nH]ccc12. The smallest absolute Gasteiger partial charge is 0.346 e. The molecule has 0 bridgehead atoms. The first-order valence-electron chi connectivity index (χ1n) is 6.16. The maximum Gasteiger partial charge on any atom is 0.417 e. The van der Waals surface area contributed by atoms with Crippen LogP contribution in [0.15, 0.2) is 48.8 Å². The zero-order chi connectivity index (χ0) is 14.9. The Morgan fingerprint density at radius 1 is 0.952 bits per heavy atom. The van der Waals surface area contributed by atoms with Crippen LogP contribution in [0.5, 0.6) is 0 Å². The molecule has 0 radical (unpaired) electrons. The van der Waals surface area contributed by atoms with Gasteiger partial charge in [-0.3, -0.25) is 0 Å². The molecule has 5 heteroatoms. The first-order chi connectivity index (χ1) is 10.1. The monoisotopic (exact) mass is 286 g/mol. The number of rotatable bonds is 0. The molecule has 21 heavy (non-hydrogen) atoms. The molecule has 0 atom stereocenters. The Hall–Kier alpha value is -2.74. The number of benzene rings is 1. The highest BCUT2D eigenvalue weighted by Crippen LogP contribution is 2.31. The molecule has 3 aromatic rings. The molecule has 0 saturated heterocycles. The second-order valence-electron chi connectivity index (χ2n) is 4.39. The van der Waals surface area contributed by atoms with Crippen molar-refractivity contribution in [3.05, 3.63) is 65.5 Å². The molecule has 2 heterocycles. The van der Waals surface area contributed by atoms with E-state index < -0.39 is 11.7 Å². The third-order valence-corrected chi connectivity index (χ3v) is 3.02. The standard InChI is InChI=1S/C16H9F3N2/c17-16(18,19)14-4-2-1-3-12(14)6-5-11-7-9-20-15-13(11)8-10-21-15/h1-4,7-10H,(H,20,21). The Morgan fingerprint density at radius 3 is 2.52 bits per heavy atom. The molecule has 3 rings (SSSR count). The largest absolute Gasteiger partial charge is 0.417 e. The molecule has 0 unspecified atom stereocenters. The molecule has 0 saturated carbocycles. The number of fused-ring (bicyclic) bond motifs is 1. The molecule has 0 aliphatic carbocycles. The summed E-state index contributed by atoms with van der Waals surface area (Å²) < 4.78 is 38.7. The van der Waals surface area contributed by atoms with Crippen molar-refractivity contribution >= 4 is 11.0 Å². The summed E-state index contributed by atoms with van der Waals surface area (Å²) in [6.45, 7) is 0. The normalized spacial score (nSPS) is 11.2. The lowest BCUT2D eigenvalue weighted by atomic mass is 10.1. The van der Waals surface area contributed by atoms with Crippen LogP contribution in [-0.2, 0) is 6.18 Å². The van der Waals surface area contributed by atoms with Gasteiger partial charge in [-0.1, -0.05) is 24.0 Å². The lowest BCUT2D eigenvalue weighted by Crippen LogP contribution is -2.07. The van der Waals surface area contributed by atoms with E-state index in [0.29, 0.717) is 11.2 Å². The van der Waals surface area contributed by atoms with Gasteiger partial charge in [-0.25, -0.2) is 4.98 Å². The van der Waals surface area contributed by atoms with Crippen LogP contribution < -0.4 is 0 Å². The highest BCUT2D eigenvalue weighted by Gasteiger charge is 2.32. The number of nitrogens with zero attached hydrogens (tertiary/aromatic N) is 1. The molecule has 2 nitrogen and oxygen atoms in total. The molecule has 1 N–H and O–H groups in total. The van der Waals surface area contributed by atoms with Crippen LogP contribution in [0.3, 0.4) is 0 Å². The lowest BCUT2D eigenvalue weighted by molar-refractivity contribution is -0.137. The minimum atomic E-state index is -4.41. The second kappa shape index (κ2) is 4.98. The van der Waals surface area contributed by atoms with Crippen molar-refractivity contribution in [2.45, 2.75) is 6.18 Å². The van der Waals surface area contributed by atoms with Crippen LogP contribution in [0.2, 0.25) is 0 Å². The number of halogens is 3. The van der Waals surface area contributed by atoms with Crippen molar-refractivity contribution in [2.24, 2.45) is 0 Å². The highest BCUT2D eigenvalue weighted by atomic mass is 19.4. The minimum absolute atomic E-state index is 0.0366. The summed E-state index contributed by atoms with van der Waals surface area (Å²) in [6, 6.07) is 8.76. The van der Waals surface area contributed by atoms with Gasteiger partial charge >= 0.3 is 6.18 Å². The van der Waals surface area contributed by atoms with Crippen molar-refractivity contribution < 1.29 is 13.2 Å². The van der Waals surface area contributed by atoms with Gasteiger partial charge in [-0.2, -0.15) is 13.2 Å². The Balaban J connectivity index is 2.08. The van der Waals surface area contributed by atoms with E-state index in [4.69, 9.17) is 0 Å². The maximum atomic E-state index is 12.9. The van der Waals surface area contributed by atoms with E-state index in [0.717, 1.165) is 11.5 Å². The van der Waals surface area contributed by atoms with Crippen LogP contribution in [0.4, 0.5) is 13.2 Å². The quantitative estimate of drug-likeness (QED) is 0.622. The molecule has 2 aromatic heterocycles. The second-order valence-corrected chi connectivity index (χ2v) is 4.39. The first-order valence-corrected chi connectivity index (χ1v) is 6.16. The Labute approximate surface area is 118 Å². The molecular formula is C16H9F3N2. The predicted molar refractivity (Wildman–Crippen MR) is 73.5 cm³/mol. The van der Waals surface area contributed by atoms with E-state index in [1.807, 2.05) is 0 Å². The van der Waals surface area contributed by atoms with E-state index in [1.54, 1.807) is 24.5 Å². The van der Waals surface area contributed by atoms with Gasteiger partial charge in [0, 0.05) is 28.9 Å². The molecule has 0 spiro atoms. The van der Waals surface area contributed by atoms with E-state index >= 15 is 0 Å². The van der Waals surface area contributed by atoms with Gasteiger partial charge in [-0.05, 0) is 24.3 Å². The number of aromatic amines is 1. The first kappa shape index (κ1) is 13.3. The van der Waals surface area contributed by atoms with Crippen molar-refractivity contribution in [3.63, 3.8) is 0 Å². The number of nitrogens with one attached hydrogen (secondary N) is 1. The number of H-pyrrole nitrogens is 1. The van der Waals surface area contributed by atoms with Crippen LogP contribution in [0.1, 0.15) is 16.7 Å². The van der Waals surface area contributed by atoms with E-state index in [-0.39, 0.29) is 5.56 Å². The topological polar surface area (TPSA) is 28.7 Å². The van der Waals surface area contributed by atoms with E-state index in [2.05, 4.69) is 21.8 Å². The van der Waals surface area contributed by atoms with Crippen LogP contribution in [0, 0.1) is 11.8 Å². The molecule has 1 aromatic carbocycles. The van der Waals surface area contributed by atoms with Gasteiger partial charge < -0.3 is 4.98 Å². The fraction of sp³-hybridized carbons (Fsp3) is 0.0625. The van der Waals surface area contributed by atoms with Crippen molar-refractivity contribution in [2.75, 3.05) is 0 Å². The van der Waals surface area contributed by atoms with Crippen molar-refractivity contribution in [1.82, 2.24) is 9.97 Å². The Kier molecular flexibility index (Phi) is 3.15. The number of alkyl halides is 3. The lowest BCUT2D eigenvalue weighted by Gasteiger charge is -2.08. The van der Waals surface area contributed by atoms with Crippen LogP contribution in [-0.4, -0.2) is 9.97 Å². The molecular weight excluding hydrogens is 277 g/mol. The van der Waals surface area contributed by atoms with E-state index in [9.17, 15) is 13.2 Å². The van der Waals surface area contributed by atoms with Gasteiger partial charge in [0.25, 0.3) is 0 Å². The van der Waals surface area contributed by atoms with Gasteiger partial charge in [0.05, 0.1) is 5.56 Å².